The maximum Gasteiger partial charge on any atom is 0.271 e. The molecule has 1 fully saturated rings. The van der Waals surface area contributed by atoms with E-state index in [-0.39, 0.29) is 35.0 Å². The number of carbonyl (C=O) groups is 1. The number of amides is 1. The Morgan fingerprint density at radius 1 is 1.24 bits per heavy atom. The van der Waals surface area contributed by atoms with E-state index in [1.54, 1.807) is 41.8 Å². The van der Waals surface area contributed by atoms with Crippen molar-refractivity contribution >= 4 is 45.4 Å². The van der Waals surface area contributed by atoms with Gasteiger partial charge in [0.05, 0.1) is 6.42 Å². The highest BCUT2D eigenvalue weighted by molar-refractivity contribution is 7.94. The van der Waals surface area contributed by atoms with Gasteiger partial charge in [0, 0.05) is 18.3 Å². The van der Waals surface area contributed by atoms with Gasteiger partial charge < -0.3 is 10.6 Å². The molecule has 9 heteroatoms. The molecular formula is C16H20ClN3O3S2. The van der Waals surface area contributed by atoms with Crippen molar-refractivity contribution in [1.29, 1.82) is 0 Å². The molecule has 2 aromatic rings. The topological polar surface area (TPSA) is 87.3 Å². The lowest BCUT2D eigenvalue weighted by molar-refractivity contribution is -0.121. The van der Waals surface area contributed by atoms with Gasteiger partial charge in [0.2, 0.25) is 5.91 Å². The maximum atomic E-state index is 12.1. The number of anilines is 1. The summed E-state index contributed by atoms with van der Waals surface area (Å²) < 4.78 is 27.1. The van der Waals surface area contributed by atoms with Crippen LogP contribution in [0, 0.1) is 0 Å². The van der Waals surface area contributed by atoms with Crippen molar-refractivity contribution in [3.05, 3.63) is 47.3 Å². The van der Waals surface area contributed by atoms with Gasteiger partial charge in [-0.1, -0.05) is 18.2 Å². The highest BCUT2D eigenvalue weighted by Crippen LogP contribution is 2.20. The number of sulfonamides is 1. The lowest BCUT2D eigenvalue weighted by Crippen LogP contribution is -2.37. The smallest absolute Gasteiger partial charge is 0.271 e. The largest absolute Gasteiger partial charge is 0.352 e. The van der Waals surface area contributed by atoms with E-state index in [1.807, 2.05) is 0 Å². The Hall–Kier alpha value is -1.61. The normalized spacial score (nSPS) is 16.9. The fourth-order valence-electron chi connectivity index (χ4n) is 2.55. The van der Waals surface area contributed by atoms with Gasteiger partial charge in [0.1, 0.15) is 4.21 Å². The van der Waals surface area contributed by atoms with Gasteiger partial charge in [-0.3, -0.25) is 9.52 Å². The zero-order valence-corrected chi connectivity index (χ0v) is 15.8. The standard InChI is InChI=1S/C16H19N3O3S2.ClH/c20-15(18-14-7-8-17-11-14)10-12-3-5-13(6-4-12)19-24(21,22)16-2-1-9-23-16;/h1-6,9,14,17,19H,7-8,10-11H2,(H,18,20);1H. The van der Waals surface area contributed by atoms with Crippen LogP contribution in [0.3, 0.4) is 0 Å². The summed E-state index contributed by atoms with van der Waals surface area (Å²) >= 11 is 1.17. The molecular weight excluding hydrogens is 382 g/mol. The Kier molecular flexibility index (Phi) is 6.83. The first-order valence-electron chi connectivity index (χ1n) is 7.68. The zero-order chi connectivity index (χ0) is 17.0. The lowest BCUT2D eigenvalue weighted by Gasteiger charge is -2.11. The number of halogens is 1. The van der Waals surface area contributed by atoms with Crippen molar-refractivity contribution in [3.63, 3.8) is 0 Å². The van der Waals surface area contributed by atoms with Crippen LogP contribution in [0.25, 0.3) is 0 Å². The van der Waals surface area contributed by atoms with E-state index in [4.69, 9.17) is 0 Å². The van der Waals surface area contributed by atoms with Crippen LogP contribution < -0.4 is 15.4 Å². The molecule has 6 nitrogen and oxygen atoms in total. The highest BCUT2D eigenvalue weighted by Gasteiger charge is 2.17. The third kappa shape index (κ3) is 5.43. The molecule has 1 unspecified atom stereocenters. The fraction of sp³-hybridized carbons (Fsp3) is 0.312. The van der Waals surface area contributed by atoms with Gasteiger partial charge >= 0.3 is 0 Å². The van der Waals surface area contributed by atoms with E-state index in [2.05, 4.69) is 15.4 Å². The van der Waals surface area contributed by atoms with Crippen molar-refractivity contribution < 1.29 is 13.2 Å². The predicted molar refractivity (Wildman–Crippen MR) is 102 cm³/mol. The minimum Gasteiger partial charge on any atom is -0.352 e. The van der Waals surface area contributed by atoms with E-state index in [0.717, 1.165) is 25.1 Å². The Bertz CT molecular complexity index is 787. The van der Waals surface area contributed by atoms with Crippen LogP contribution in [0.2, 0.25) is 0 Å². The lowest BCUT2D eigenvalue weighted by atomic mass is 10.1. The third-order valence-electron chi connectivity index (χ3n) is 3.76. The summed E-state index contributed by atoms with van der Waals surface area (Å²) in [7, 11) is -3.54. The number of hydrogen-bond acceptors (Lipinski definition) is 5. The summed E-state index contributed by atoms with van der Waals surface area (Å²) in [5.41, 5.74) is 1.32. The number of thiophene rings is 1. The van der Waals surface area contributed by atoms with Crippen LogP contribution in [0.4, 0.5) is 5.69 Å². The van der Waals surface area contributed by atoms with Crippen molar-refractivity contribution in [3.8, 4) is 0 Å². The van der Waals surface area contributed by atoms with Crippen molar-refractivity contribution in [2.75, 3.05) is 17.8 Å². The van der Waals surface area contributed by atoms with Crippen molar-refractivity contribution in [2.45, 2.75) is 23.1 Å². The average molecular weight is 402 g/mol. The number of carbonyl (C=O) groups excluding carboxylic acids is 1. The third-order valence-corrected chi connectivity index (χ3v) is 6.53. The quantitative estimate of drug-likeness (QED) is 0.690. The molecule has 0 saturated carbocycles. The molecule has 1 aromatic heterocycles. The molecule has 0 radical (unpaired) electrons. The Morgan fingerprint density at radius 3 is 2.60 bits per heavy atom. The fourth-order valence-corrected chi connectivity index (χ4v) is 4.61. The van der Waals surface area contributed by atoms with E-state index >= 15 is 0 Å². The Labute approximate surface area is 157 Å². The van der Waals surface area contributed by atoms with E-state index in [9.17, 15) is 13.2 Å². The second-order valence-electron chi connectivity index (χ2n) is 5.67. The predicted octanol–water partition coefficient (Wildman–Crippen LogP) is 1.99. The molecule has 1 amide bonds. The van der Waals surface area contributed by atoms with E-state index in [1.165, 1.54) is 11.3 Å². The Balaban J connectivity index is 0.00000225. The second-order valence-corrected chi connectivity index (χ2v) is 8.53. The van der Waals surface area contributed by atoms with Crippen LogP contribution in [-0.2, 0) is 21.2 Å². The number of rotatable bonds is 6. The maximum absolute atomic E-state index is 12.1. The van der Waals surface area contributed by atoms with Gasteiger partial charge in [-0.25, -0.2) is 8.42 Å². The van der Waals surface area contributed by atoms with Gasteiger partial charge in [0.25, 0.3) is 10.0 Å². The van der Waals surface area contributed by atoms with E-state index < -0.39 is 10.0 Å². The molecule has 0 spiro atoms. The molecule has 1 aliphatic rings. The van der Waals surface area contributed by atoms with Crippen molar-refractivity contribution in [2.24, 2.45) is 0 Å². The number of hydrogen-bond donors (Lipinski definition) is 3. The molecule has 0 aliphatic carbocycles. The summed E-state index contributed by atoms with van der Waals surface area (Å²) in [6.45, 7) is 1.75. The first-order valence-corrected chi connectivity index (χ1v) is 10.0. The van der Waals surface area contributed by atoms with Gasteiger partial charge in [-0.2, -0.15) is 0 Å². The summed E-state index contributed by atoms with van der Waals surface area (Å²) in [5, 5.41) is 7.91. The molecule has 136 valence electrons. The van der Waals surface area contributed by atoms with E-state index in [0.29, 0.717) is 5.69 Å². The molecule has 1 atom stereocenters. The molecule has 0 bridgehead atoms. The monoisotopic (exact) mass is 401 g/mol. The van der Waals surface area contributed by atoms with Crippen LogP contribution in [0.5, 0.6) is 0 Å². The van der Waals surface area contributed by atoms with Crippen LogP contribution in [0.1, 0.15) is 12.0 Å². The Morgan fingerprint density at radius 2 is 2.00 bits per heavy atom. The van der Waals surface area contributed by atoms with Crippen LogP contribution in [0.15, 0.2) is 46.0 Å². The van der Waals surface area contributed by atoms with Gasteiger partial charge in [-0.05, 0) is 42.1 Å². The highest BCUT2D eigenvalue weighted by atomic mass is 35.5. The first-order chi connectivity index (χ1) is 11.5. The molecule has 25 heavy (non-hydrogen) atoms. The SMILES string of the molecule is Cl.O=C(Cc1ccc(NS(=O)(=O)c2cccs2)cc1)NC1CCNC1. The number of nitrogens with one attached hydrogen (secondary N) is 3. The second kappa shape index (κ2) is 8.66. The molecule has 3 N–H and O–H groups in total. The molecule has 1 saturated heterocycles. The molecule has 2 heterocycles. The minimum atomic E-state index is -3.54. The summed E-state index contributed by atoms with van der Waals surface area (Å²) in [4.78, 5) is 12.0. The average Bonchev–Trinajstić information content (AvgIpc) is 3.22. The molecule has 1 aromatic carbocycles. The first kappa shape index (κ1) is 19.7. The zero-order valence-electron chi connectivity index (χ0n) is 13.4. The van der Waals surface area contributed by atoms with Crippen LogP contribution in [-0.4, -0.2) is 33.5 Å². The summed E-state index contributed by atoms with van der Waals surface area (Å²) in [6.07, 6.45) is 1.24. The van der Waals surface area contributed by atoms with Crippen molar-refractivity contribution in [1.82, 2.24) is 10.6 Å². The minimum absolute atomic E-state index is 0. The molecule has 3 rings (SSSR count). The summed E-state index contributed by atoms with van der Waals surface area (Å²) in [5.74, 6) is -0.0179. The van der Waals surface area contributed by atoms with Crippen LogP contribution >= 0.6 is 23.7 Å². The number of benzene rings is 1. The van der Waals surface area contributed by atoms with Gasteiger partial charge in [0.15, 0.2) is 0 Å². The molecule has 1 aliphatic heterocycles. The summed E-state index contributed by atoms with van der Waals surface area (Å²) in [6, 6.07) is 10.3. The van der Waals surface area contributed by atoms with Gasteiger partial charge in [-0.15, -0.1) is 23.7 Å².